The molecule has 0 fully saturated rings. The smallest absolute Gasteiger partial charge is 0.231 e. The van der Waals surface area contributed by atoms with E-state index in [-0.39, 0.29) is 12.3 Å². The van der Waals surface area contributed by atoms with Gasteiger partial charge in [0, 0.05) is 19.1 Å². The molecule has 0 spiro atoms. The molecule has 0 atom stereocenters. The SMILES string of the molecule is CN(C)C(=O)CC(N)=O.Clc1ccccc1. The number of benzene rings is 1. The summed E-state index contributed by atoms with van der Waals surface area (Å²) in [5.41, 5.74) is 4.74. The van der Waals surface area contributed by atoms with Crippen LogP contribution in [0.4, 0.5) is 0 Å². The van der Waals surface area contributed by atoms with Crippen molar-refractivity contribution in [3.05, 3.63) is 35.4 Å². The van der Waals surface area contributed by atoms with E-state index in [0.717, 1.165) is 5.02 Å². The Balaban J connectivity index is 0.000000288. The van der Waals surface area contributed by atoms with Crippen LogP contribution in [-0.4, -0.2) is 30.8 Å². The second-order valence-corrected chi connectivity index (χ2v) is 3.66. The Kier molecular flexibility index (Phi) is 6.96. The van der Waals surface area contributed by atoms with Gasteiger partial charge in [0.25, 0.3) is 0 Å². The molecule has 0 radical (unpaired) electrons. The molecule has 0 saturated carbocycles. The summed E-state index contributed by atoms with van der Waals surface area (Å²) in [7, 11) is 3.15. The number of hydrogen-bond acceptors (Lipinski definition) is 2. The van der Waals surface area contributed by atoms with Crippen LogP contribution in [0, 0.1) is 0 Å². The third-order valence-electron chi connectivity index (χ3n) is 1.56. The molecule has 4 nitrogen and oxygen atoms in total. The average Bonchev–Trinajstić information content (AvgIpc) is 2.18. The van der Waals surface area contributed by atoms with Crippen LogP contribution < -0.4 is 5.73 Å². The van der Waals surface area contributed by atoms with Gasteiger partial charge in [-0.2, -0.15) is 0 Å². The van der Waals surface area contributed by atoms with Gasteiger partial charge in [0.1, 0.15) is 6.42 Å². The molecule has 88 valence electrons. The van der Waals surface area contributed by atoms with Crippen molar-refractivity contribution < 1.29 is 9.59 Å². The predicted octanol–water partition coefficient (Wildman–Crippen LogP) is 1.29. The maximum Gasteiger partial charge on any atom is 0.231 e. The summed E-state index contributed by atoms with van der Waals surface area (Å²) in [5.74, 6) is -0.851. The zero-order chi connectivity index (χ0) is 12.6. The molecule has 1 rings (SSSR count). The zero-order valence-electron chi connectivity index (χ0n) is 9.31. The number of rotatable bonds is 2. The van der Waals surface area contributed by atoms with E-state index in [4.69, 9.17) is 17.3 Å². The van der Waals surface area contributed by atoms with E-state index < -0.39 is 5.91 Å². The Bertz CT molecular complexity index is 339. The monoisotopic (exact) mass is 242 g/mol. The lowest BCUT2D eigenvalue weighted by molar-refractivity contribution is -0.133. The fourth-order valence-corrected chi connectivity index (χ4v) is 0.867. The minimum Gasteiger partial charge on any atom is -0.369 e. The Morgan fingerprint density at radius 1 is 1.25 bits per heavy atom. The van der Waals surface area contributed by atoms with Gasteiger partial charge in [0.15, 0.2) is 0 Å². The molecule has 0 heterocycles. The average molecular weight is 243 g/mol. The summed E-state index contributed by atoms with van der Waals surface area (Å²) >= 11 is 5.54. The van der Waals surface area contributed by atoms with Gasteiger partial charge in [0.05, 0.1) is 0 Å². The topological polar surface area (TPSA) is 63.4 Å². The van der Waals surface area contributed by atoms with Gasteiger partial charge < -0.3 is 10.6 Å². The lowest BCUT2D eigenvalue weighted by Gasteiger charge is -2.06. The second kappa shape index (κ2) is 7.70. The van der Waals surface area contributed by atoms with Crippen molar-refractivity contribution in [2.24, 2.45) is 5.73 Å². The lowest BCUT2D eigenvalue weighted by atomic mass is 10.4. The van der Waals surface area contributed by atoms with Crippen LogP contribution in [0.5, 0.6) is 0 Å². The number of nitrogens with zero attached hydrogens (tertiary/aromatic N) is 1. The van der Waals surface area contributed by atoms with Crippen molar-refractivity contribution in [3.8, 4) is 0 Å². The summed E-state index contributed by atoms with van der Waals surface area (Å²) in [6, 6.07) is 9.44. The van der Waals surface area contributed by atoms with Crippen molar-refractivity contribution in [2.45, 2.75) is 6.42 Å². The number of hydrogen-bond donors (Lipinski definition) is 1. The standard InChI is InChI=1S/C6H5Cl.C5H10N2O2/c7-6-4-2-1-3-5-6;1-7(2)5(9)3-4(6)8/h1-5H;3H2,1-2H3,(H2,6,8). The van der Waals surface area contributed by atoms with Gasteiger partial charge in [-0.3, -0.25) is 9.59 Å². The quantitative estimate of drug-likeness (QED) is 0.795. The summed E-state index contributed by atoms with van der Waals surface area (Å²) in [5, 5.41) is 0.794. The van der Waals surface area contributed by atoms with Crippen LogP contribution in [-0.2, 0) is 9.59 Å². The van der Waals surface area contributed by atoms with Crippen molar-refractivity contribution in [2.75, 3.05) is 14.1 Å². The van der Waals surface area contributed by atoms with Crippen molar-refractivity contribution in [3.63, 3.8) is 0 Å². The molecule has 5 heteroatoms. The van der Waals surface area contributed by atoms with E-state index in [2.05, 4.69) is 0 Å². The molecular weight excluding hydrogens is 228 g/mol. The largest absolute Gasteiger partial charge is 0.369 e. The highest BCUT2D eigenvalue weighted by molar-refractivity contribution is 6.30. The molecule has 2 N–H and O–H groups in total. The van der Waals surface area contributed by atoms with E-state index in [9.17, 15) is 9.59 Å². The van der Waals surface area contributed by atoms with Gasteiger partial charge >= 0.3 is 0 Å². The first-order chi connectivity index (χ1) is 7.43. The number of halogens is 1. The van der Waals surface area contributed by atoms with Crippen molar-refractivity contribution in [1.29, 1.82) is 0 Å². The third-order valence-corrected chi connectivity index (χ3v) is 1.81. The molecule has 0 unspecified atom stereocenters. The van der Waals surface area contributed by atoms with E-state index in [1.54, 1.807) is 14.1 Å². The highest BCUT2D eigenvalue weighted by atomic mass is 35.5. The fourth-order valence-electron chi connectivity index (χ4n) is 0.722. The highest BCUT2D eigenvalue weighted by Crippen LogP contribution is 2.03. The minimum atomic E-state index is -0.589. The molecule has 1 aromatic carbocycles. The van der Waals surface area contributed by atoms with Crippen LogP contribution in [0.3, 0.4) is 0 Å². The van der Waals surface area contributed by atoms with Crippen molar-refractivity contribution >= 4 is 23.4 Å². The normalized spacial score (nSPS) is 8.69. The molecule has 0 aliphatic heterocycles. The predicted molar refractivity (Wildman–Crippen MR) is 64.0 cm³/mol. The minimum absolute atomic E-state index is 0.201. The number of carbonyl (C=O) groups is 2. The maximum atomic E-state index is 10.6. The molecule has 1 aromatic rings. The first-order valence-corrected chi connectivity index (χ1v) is 5.00. The highest BCUT2D eigenvalue weighted by Gasteiger charge is 2.06. The van der Waals surface area contributed by atoms with Gasteiger partial charge in [-0.05, 0) is 12.1 Å². The number of carbonyl (C=O) groups excluding carboxylic acids is 2. The second-order valence-electron chi connectivity index (χ2n) is 3.23. The van der Waals surface area contributed by atoms with Crippen LogP contribution in [0.2, 0.25) is 5.02 Å². The molecule has 16 heavy (non-hydrogen) atoms. The number of primary amides is 1. The van der Waals surface area contributed by atoms with Gasteiger partial charge in [-0.15, -0.1) is 0 Å². The Morgan fingerprint density at radius 2 is 1.75 bits per heavy atom. The van der Waals surface area contributed by atoms with Crippen LogP contribution in [0.25, 0.3) is 0 Å². The summed E-state index contributed by atoms with van der Waals surface area (Å²) in [6.45, 7) is 0. The van der Waals surface area contributed by atoms with Gasteiger partial charge in [-0.1, -0.05) is 29.8 Å². The van der Waals surface area contributed by atoms with E-state index in [0.29, 0.717) is 0 Å². The first-order valence-electron chi connectivity index (χ1n) is 4.62. The Labute approximate surface area is 100.0 Å². The third kappa shape index (κ3) is 7.82. The number of amides is 2. The molecule has 2 amide bonds. The van der Waals surface area contributed by atoms with E-state index in [1.165, 1.54) is 4.90 Å². The molecule has 0 aromatic heterocycles. The molecular formula is C11H15ClN2O2. The molecule has 0 bridgehead atoms. The van der Waals surface area contributed by atoms with Crippen LogP contribution in [0.15, 0.2) is 30.3 Å². The fraction of sp³-hybridized carbons (Fsp3) is 0.273. The van der Waals surface area contributed by atoms with Crippen molar-refractivity contribution in [1.82, 2.24) is 4.90 Å². The number of nitrogens with two attached hydrogens (primary N) is 1. The Hall–Kier alpha value is -1.55. The molecule has 0 aliphatic carbocycles. The molecule has 0 saturated heterocycles. The Morgan fingerprint density at radius 3 is 1.94 bits per heavy atom. The van der Waals surface area contributed by atoms with E-state index in [1.807, 2.05) is 30.3 Å². The summed E-state index contributed by atoms with van der Waals surface area (Å²) in [6.07, 6.45) is -0.201. The van der Waals surface area contributed by atoms with Gasteiger partial charge in [0.2, 0.25) is 11.8 Å². The van der Waals surface area contributed by atoms with E-state index >= 15 is 0 Å². The maximum absolute atomic E-state index is 10.6. The first kappa shape index (κ1) is 14.5. The molecule has 0 aliphatic rings. The van der Waals surface area contributed by atoms with Crippen LogP contribution >= 0.6 is 11.6 Å². The van der Waals surface area contributed by atoms with Crippen LogP contribution in [0.1, 0.15) is 6.42 Å². The summed E-state index contributed by atoms with van der Waals surface area (Å²) < 4.78 is 0. The lowest BCUT2D eigenvalue weighted by Crippen LogP contribution is -2.27. The summed E-state index contributed by atoms with van der Waals surface area (Å²) in [4.78, 5) is 22.0. The zero-order valence-corrected chi connectivity index (χ0v) is 10.1. The van der Waals surface area contributed by atoms with Gasteiger partial charge in [-0.25, -0.2) is 0 Å².